The standard InChI is InChI=1S/C15H28N2S/c1-6-11-16-14(13-10-9-12-18-13)15(4,5)17(7-2)8-3/h9-10,12,14,16H,6-8,11H2,1-5H3. The number of rotatable bonds is 8. The predicted octanol–water partition coefficient (Wildman–Crippen LogP) is 3.91. The van der Waals surface area contributed by atoms with E-state index in [2.05, 4.69) is 62.3 Å². The average molecular weight is 268 g/mol. The molecule has 0 amide bonds. The summed E-state index contributed by atoms with van der Waals surface area (Å²) in [4.78, 5) is 3.99. The first-order valence-corrected chi connectivity index (χ1v) is 7.97. The van der Waals surface area contributed by atoms with Crippen LogP contribution in [-0.2, 0) is 0 Å². The van der Waals surface area contributed by atoms with Crippen LogP contribution in [0.5, 0.6) is 0 Å². The van der Waals surface area contributed by atoms with Crippen LogP contribution in [-0.4, -0.2) is 30.1 Å². The third-order valence-electron chi connectivity index (χ3n) is 3.71. The number of hydrogen-bond donors (Lipinski definition) is 1. The molecule has 0 saturated carbocycles. The minimum absolute atomic E-state index is 0.142. The van der Waals surface area contributed by atoms with E-state index in [-0.39, 0.29) is 5.54 Å². The first kappa shape index (κ1) is 15.7. The molecule has 0 radical (unpaired) electrons. The summed E-state index contributed by atoms with van der Waals surface area (Å²) in [5, 5.41) is 5.90. The quantitative estimate of drug-likeness (QED) is 0.769. The second kappa shape index (κ2) is 7.27. The third-order valence-corrected chi connectivity index (χ3v) is 4.65. The highest BCUT2D eigenvalue weighted by molar-refractivity contribution is 7.10. The van der Waals surface area contributed by atoms with Crippen LogP contribution in [0.1, 0.15) is 52.0 Å². The van der Waals surface area contributed by atoms with Gasteiger partial charge in [0.05, 0.1) is 6.04 Å². The topological polar surface area (TPSA) is 15.3 Å². The van der Waals surface area contributed by atoms with Crippen LogP contribution in [0.3, 0.4) is 0 Å². The van der Waals surface area contributed by atoms with Crippen molar-refractivity contribution in [1.82, 2.24) is 10.2 Å². The summed E-state index contributed by atoms with van der Waals surface area (Å²) in [6, 6.07) is 4.82. The zero-order valence-electron chi connectivity index (χ0n) is 12.5. The Bertz CT molecular complexity index is 315. The molecule has 3 heteroatoms. The smallest absolute Gasteiger partial charge is 0.0596 e. The van der Waals surface area contributed by atoms with E-state index < -0.39 is 0 Å². The first-order valence-electron chi connectivity index (χ1n) is 7.09. The van der Waals surface area contributed by atoms with E-state index in [4.69, 9.17) is 0 Å². The average Bonchev–Trinajstić information content (AvgIpc) is 2.84. The summed E-state index contributed by atoms with van der Waals surface area (Å²) in [6.07, 6.45) is 1.18. The Morgan fingerprint density at radius 2 is 1.94 bits per heavy atom. The van der Waals surface area contributed by atoms with Gasteiger partial charge in [0.25, 0.3) is 0 Å². The fourth-order valence-corrected chi connectivity index (χ4v) is 3.64. The molecule has 0 aliphatic heterocycles. The summed E-state index contributed by atoms with van der Waals surface area (Å²) in [5.74, 6) is 0. The number of hydrogen-bond acceptors (Lipinski definition) is 3. The maximum Gasteiger partial charge on any atom is 0.0596 e. The van der Waals surface area contributed by atoms with Crippen molar-refractivity contribution in [3.05, 3.63) is 22.4 Å². The van der Waals surface area contributed by atoms with Gasteiger partial charge in [-0.3, -0.25) is 4.90 Å². The third kappa shape index (κ3) is 3.56. The Morgan fingerprint density at radius 3 is 2.39 bits per heavy atom. The van der Waals surface area contributed by atoms with Gasteiger partial charge in [-0.15, -0.1) is 11.3 Å². The van der Waals surface area contributed by atoms with Crippen LogP contribution < -0.4 is 5.32 Å². The summed E-state index contributed by atoms with van der Waals surface area (Å²) < 4.78 is 0. The molecule has 1 N–H and O–H groups in total. The lowest BCUT2D eigenvalue weighted by Gasteiger charge is -2.43. The molecule has 2 nitrogen and oxygen atoms in total. The van der Waals surface area contributed by atoms with E-state index in [1.54, 1.807) is 0 Å². The maximum atomic E-state index is 3.73. The Morgan fingerprint density at radius 1 is 1.28 bits per heavy atom. The van der Waals surface area contributed by atoms with Crippen molar-refractivity contribution in [2.45, 2.75) is 52.6 Å². The lowest BCUT2D eigenvalue weighted by molar-refractivity contribution is 0.0925. The molecule has 104 valence electrons. The molecular formula is C15H28N2S. The molecule has 18 heavy (non-hydrogen) atoms. The minimum atomic E-state index is 0.142. The van der Waals surface area contributed by atoms with Crippen LogP contribution in [0, 0.1) is 0 Å². The predicted molar refractivity (Wildman–Crippen MR) is 82.4 cm³/mol. The fraction of sp³-hybridized carbons (Fsp3) is 0.733. The molecule has 0 aliphatic rings. The Balaban J connectivity index is 2.94. The van der Waals surface area contributed by atoms with Crippen molar-refractivity contribution in [3.63, 3.8) is 0 Å². The van der Waals surface area contributed by atoms with Crippen LogP contribution in [0.15, 0.2) is 17.5 Å². The van der Waals surface area contributed by atoms with Gasteiger partial charge in [0.15, 0.2) is 0 Å². The van der Waals surface area contributed by atoms with Crippen LogP contribution in [0.25, 0.3) is 0 Å². The van der Waals surface area contributed by atoms with Crippen molar-refractivity contribution in [2.75, 3.05) is 19.6 Å². The Kier molecular flexibility index (Phi) is 6.33. The number of nitrogens with one attached hydrogen (secondary N) is 1. The van der Waals surface area contributed by atoms with Gasteiger partial charge in [-0.25, -0.2) is 0 Å². The molecule has 0 spiro atoms. The van der Waals surface area contributed by atoms with Gasteiger partial charge in [0.2, 0.25) is 0 Å². The molecule has 1 aromatic rings. The number of nitrogens with zero attached hydrogens (tertiary/aromatic N) is 1. The maximum absolute atomic E-state index is 3.73. The van der Waals surface area contributed by atoms with Crippen molar-refractivity contribution in [3.8, 4) is 0 Å². The second-order valence-electron chi connectivity index (χ2n) is 5.23. The lowest BCUT2D eigenvalue weighted by atomic mass is 9.90. The minimum Gasteiger partial charge on any atom is -0.308 e. The molecular weight excluding hydrogens is 240 g/mol. The Labute approximate surface area is 116 Å². The van der Waals surface area contributed by atoms with E-state index in [0.29, 0.717) is 6.04 Å². The number of thiophene rings is 1. The highest BCUT2D eigenvalue weighted by Gasteiger charge is 2.35. The molecule has 1 heterocycles. The normalized spacial score (nSPS) is 14.1. The van der Waals surface area contributed by atoms with Gasteiger partial charge in [0.1, 0.15) is 0 Å². The fourth-order valence-electron chi connectivity index (χ4n) is 2.66. The monoisotopic (exact) mass is 268 g/mol. The van der Waals surface area contributed by atoms with Crippen molar-refractivity contribution in [2.24, 2.45) is 0 Å². The van der Waals surface area contributed by atoms with Crippen LogP contribution >= 0.6 is 11.3 Å². The summed E-state index contributed by atoms with van der Waals surface area (Å²) in [5.41, 5.74) is 0.142. The van der Waals surface area contributed by atoms with E-state index >= 15 is 0 Å². The van der Waals surface area contributed by atoms with Gasteiger partial charge >= 0.3 is 0 Å². The highest BCUT2D eigenvalue weighted by Crippen LogP contribution is 2.33. The number of likely N-dealkylation sites (N-methyl/N-ethyl adjacent to an activating group) is 1. The van der Waals surface area contributed by atoms with E-state index in [9.17, 15) is 0 Å². The molecule has 0 bridgehead atoms. The first-order chi connectivity index (χ1) is 8.57. The molecule has 0 fully saturated rings. The molecule has 0 saturated heterocycles. The van der Waals surface area contributed by atoms with Crippen LogP contribution in [0.4, 0.5) is 0 Å². The molecule has 0 aliphatic carbocycles. The summed E-state index contributed by atoms with van der Waals surface area (Å²) >= 11 is 1.86. The van der Waals surface area contributed by atoms with Gasteiger partial charge in [-0.2, -0.15) is 0 Å². The van der Waals surface area contributed by atoms with E-state index in [1.165, 1.54) is 11.3 Å². The SMILES string of the molecule is CCCNC(c1cccs1)C(C)(C)N(CC)CC. The molecule has 1 rings (SSSR count). The highest BCUT2D eigenvalue weighted by atomic mass is 32.1. The lowest BCUT2D eigenvalue weighted by Crippen LogP contribution is -2.52. The van der Waals surface area contributed by atoms with E-state index in [0.717, 1.165) is 19.6 Å². The van der Waals surface area contributed by atoms with Crippen LogP contribution in [0.2, 0.25) is 0 Å². The van der Waals surface area contributed by atoms with Gasteiger partial charge in [-0.1, -0.05) is 26.8 Å². The molecule has 0 aromatic carbocycles. The van der Waals surface area contributed by atoms with Gasteiger partial charge < -0.3 is 5.32 Å². The Hall–Kier alpha value is -0.380. The summed E-state index contributed by atoms with van der Waals surface area (Å²) in [6.45, 7) is 14.7. The molecule has 1 atom stereocenters. The molecule has 1 aromatic heterocycles. The van der Waals surface area contributed by atoms with Crippen molar-refractivity contribution >= 4 is 11.3 Å². The summed E-state index contributed by atoms with van der Waals surface area (Å²) in [7, 11) is 0. The largest absolute Gasteiger partial charge is 0.308 e. The zero-order valence-corrected chi connectivity index (χ0v) is 13.3. The van der Waals surface area contributed by atoms with Gasteiger partial charge in [-0.05, 0) is 51.3 Å². The molecule has 1 unspecified atom stereocenters. The van der Waals surface area contributed by atoms with Crippen molar-refractivity contribution in [1.29, 1.82) is 0 Å². The van der Waals surface area contributed by atoms with E-state index in [1.807, 2.05) is 11.3 Å². The van der Waals surface area contributed by atoms with Gasteiger partial charge in [0, 0.05) is 10.4 Å². The van der Waals surface area contributed by atoms with Crippen molar-refractivity contribution < 1.29 is 0 Å². The second-order valence-corrected chi connectivity index (χ2v) is 6.21. The zero-order chi connectivity index (χ0) is 13.6.